The number of hydrogen-bond acceptors (Lipinski definition) is 1. The molecule has 6 aliphatic carbocycles. The highest BCUT2D eigenvalue weighted by molar-refractivity contribution is 5.80. The maximum atomic E-state index is 12.9. The lowest BCUT2D eigenvalue weighted by molar-refractivity contribution is -0.0670. The van der Waals surface area contributed by atoms with Crippen molar-refractivity contribution in [3.8, 4) is 0 Å². The second kappa shape index (κ2) is 4.26. The van der Waals surface area contributed by atoms with Crippen molar-refractivity contribution >= 4 is 6.03 Å². The molecule has 0 aromatic carbocycles. The highest BCUT2D eigenvalue weighted by Crippen LogP contribution is 2.61. The number of urea groups is 1. The van der Waals surface area contributed by atoms with Crippen LogP contribution >= 0.6 is 0 Å². The minimum Gasteiger partial charge on any atom is -0.333 e. The van der Waals surface area contributed by atoms with Crippen LogP contribution in [0.3, 0.4) is 0 Å². The van der Waals surface area contributed by atoms with Crippen LogP contribution in [0.2, 0.25) is 0 Å². The maximum Gasteiger partial charge on any atom is 0.318 e. The summed E-state index contributed by atoms with van der Waals surface area (Å²) in [6.45, 7) is 2.45. The molecular formula is C20H30N2O. The predicted octanol–water partition coefficient (Wildman–Crippen LogP) is 3.78. The second-order valence-electron chi connectivity index (χ2n) is 10.0. The highest BCUT2D eigenvalue weighted by atomic mass is 16.2. The van der Waals surface area contributed by atoms with Gasteiger partial charge in [0.1, 0.15) is 0 Å². The third kappa shape index (κ3) is 1.75. The number of carbonyl (C=O) groups is 1. The lowest BCUT2D eigenvalue weighted by Crippen LogP contribution is -2.60. The lowest BCUT2D eigenvalue weighted by atomic mass is 9.49. The van der Waals surface area contributed by atoms with Gasteiger partial charge in [-0.05, 0) is 100 Å². The molecule has 4 bridgehead atoms. The van der Waals surface area contributed by atoms with Crippen LogP contribution in [0.1, 0.15) is 64.7 Å². The molecule has 1 heterocycles. The number of amides is 2. The first-order valence-corrected chi connectivity index (χ1v) is 10.2. The summed E-state index contributed by atoms with van der Waals surface area (Å²) in [5.41, 5.74) is 0.123. The Morgan fingerprint density at radius 1 is 0.957 bits per heavy atom. The van der Waals surface area contributed by atoms with Crippen LogP contribution in [0.15, 0.2) is 0 Å². The predicted molar refractivity (Wildman–Crippen MR) is 88.8 cm³/mol. The van der Waals surface area contributed by atoms with Gasteiger partial charge in [0.25, 0.3) is 0 Å². The zero-order valence-electron chi connectivity index (χ0n) is 14.3. The summed E-state index contributed by atoms with van der Waals surface area (Å²) in [6, 6.07) is 1.28. The van der Waals surface area contributed by atoms with Crippen LogP contribution < -0.4 is 5.32 Å². The largest absolute Gasteiger partial charge is 0.333 e. The summed E-state index contributed by atoms with van der Waals surface area (Å²) in [5.74, 6) is 5.42. The molecule has 7 aliphatic rings. The molecule has 0 radical (unpaired) electrons. The van der Waals surface area contributed by atoms with Crippen molar-refractivity contribution in [2.45, 2.75) is 82.3 Å². The van der Waals surface area contributed by atoms with Gasteiger partial charge in [0.15, 0.2) is 0 Å². The molecule has 1 N–H and O–H groups in total. The fourth-order valence-corrected chi connectivity index (χ4v) is 7.73. The van der Waals surface area contributed by atoms with Gasteiger partial charge in [0.2, 0.25) is 0 Å². The number of nitrogens with zero attached hydrogens (tertiary/aromatic N) is 1. The van der Waals surface area contributed by atoms with Crippen LogP contribution in [0.25, 0.3) is 0 Å². The van der Waals surface area contributed by atoms with E-state index in [0.717, 1.165) is 35.5 Å². The molecule has 23 heavy (non-hydrogen) atoms. The van der Waals surface area contributed by atoms with E-state index in [2.05, 4.69) is 17.1 Å². The van der Waals surface area contributed by atoms with Crippen molar-refractivity contribution in [1.82, 2.24) is 10.2 Å². The van der Waals surface area contributed by atoms with E-state index in [1.54, 1.807) is 0 Å². The first kappa shape index (κ1) is 13.5. The van der Waals surface area contributed by atoms with E-state index >= 15 is 0 Å². The number of nitrogens with one attached hydrogen (secondary N) is 1. The Morgan fingerprint density at radius 3 is 2.09 bits per heavy atom. The lowest BCUT2D eigenvalue weighted by Gasteiger charge is -2.58. The van der Waals surface area contributed by atoms with Crippen LogP contribution in [-0.2, 0) is 0 Å². The first-order chi connectivity index (χ1) is 11.1. The Hall–Kier alpha value is -0.730. The van der Waals surface area contributed by atoms with Crippen molar-refractivity contribution in [2.75, 3.05) is 0 Å². The van der Waals surface area contributed by atoms with Gasteiger partial charge in [-0.2, -0.15) is 0 Å². The molecule has 3 heteroatoms. The van der Waals surface area contributed by atoms with Crippen molar-refractivity contribution in [3.05, 3.63) is 0 Å². The van der Waals surface area contributed by atoms with E-state index in [1.165, 1.54) is 57.8 Å². The van der Waals surface area contributed by atoms with Crippen molar-refractivity contribution in [3.63, 3.8) is 0 Å². The Balaban J connectivity index is 1.38. The number of carbonyl (C=O) groups excluding carboxylic acids is 1. The van der Waals surface area contributed by atoms with E-state index in [-0.39, 0.29) is 11.6 Å². The fraction of sp³-hybridized carbons (Fsp3) is 0.950. The van der Waals surface area contributed by atoms with Crippen LogP contribution in [0.4, 0.5) is 4.79 Å². The molecule has 7 rings (SSSR count). The van der Waals surface area contributed by atoms with E-state index in [0.29, 0.717) is 12.1 Å². The maximum absolute atomic E-state index is 12.9. The minimum atomic E-state index is 0.123. The minimum absolute atomic E-state index is 0.123. The molecule has 1 aliphatic heterocycles. The van der Waals surface area contributed by atoms with Crippen molar-refractivity contribution in [1.29, 1.82) is 0 Å². The van der Waals surface area contributed by atoms with Gasteiger partial charge in [-0.15, -0.1) is 0 Å². The van der Waals surface area contributed by atoms with Gasteiger partial charge < -0.3 is 10.2 Å². The summed E-state index contributed by atoms with van der Waals surface area (Å²) in [6.07, 6.45) is 12.6. The number of rotatable bonds is 3. The Labute approximate surface area is 139 Å². The standard InChI is InChI=1S/C20H30N2O/c1-20(15-2-3-15)18(21-19(23)22(20)16-4-5-16)17-13-7-11-6-12(9-13)10-14(17)8-11/h11-18H,2-10H2,1H3,(H,21,23). The molecule has 0 spiro atoms. The molecule has 7 fully saturated rings. The average molecular weight is 314 g/mol. The van der Waals surface area contributed by atoms with Crippen molar-refractivity contribution < 1.29 is 4.79 Å². The van der Waals surface area contributed by atoms with Crippen molar-refractivity contribution in [2.24, 2.45) is 35.5 Å². The topological polar surface area (TPSA) is 32.3 Å². The summed E-state index contributed by atoms with van der Waals surface area (Å²) >= 11 is 0. The zero-order valence-corrected chi connectivity index (χ0v) is 14.3. The van der Waals surface area contributed by atoms with Gasteiger partial charge in [-0.25, -0.2) is 4.79 Å². The van der Waals surface area contributed by atoms with Gasteiger partial charge in [0.05, 0.1) is 11.6 Å². The molecule has 3 nitrogen and oxygen atoms in total. The van der Waals surface area contributed by atoms with Crippen LogP contribution in [0.5, 0.6) is 0 Å². The van der Waals surface area contributed by atoms with Gasteiger partial charge in [-0.1, -0.05) is 0 Å². The molecule has 6 saturated carbocycles. The molecule has 0 aromatic rings. The highest BCUT2D eigenvalue weighted by Gasteiger charge is 2.65. The molecule has 126 valence electrons. The number of hydrogen-bond donors (Lipinski definition) is 1. The molecule has 2 atom stereocenters. The quantitative estimate of drug-likeness (QED) is 0.844. The third-order valence-electron chi connectivity index (χ3n) is 8.65. The summed E-state index contributed by atoms with van der Waals surface area (Å²) in [7, 11) is 0. The van der Waals surface area contributed by atoms with Crippen LogP contribution in [0, 0.1) is 35.5 Å². The normalized spacial score (nSPS) is 54.7. The average Bonchev–Trinajstić information content (AvgIpc) is 3.38. The molecule has 2 unspecified atom stereocenters. The smallest absolute Gasteiger partial charge is 0.318 e. The van der Waals surface area contributed by atoms with Gasteiger partial charge >= 0.3 is 6.03 Å². The van der Waals surface area contributed by atoms with E-state index in [4.69, 9.17) is 0 Å². The Kier molecular flexibility index (Phi) is 2.51. The van der Waals surface area contributed by atoms with Gasteiger partial charge in [-0.3, -0.25) is 0 Å². The van der Waals surface area contributed by atoms with Gasteiger partial charge in [0, 0.05) is 6.04 Å². The molecular weight excluding hydrogens is 284 g/mol. The SMILES string of the molecule is CC1(C2CC2)C(C2C3CC4CC(C3)CC2C4)NC(=O)N1C1CC1. The monoisotopic (exact) mass is 314 g/mol. The van der Waals surface area contributed by atoms with Crippen LogP contribution in [-0.4, -0.2) is 28.6 Å². The molecule has 2 amide bonds. The molecule has 1 saturated heterocycles. The third-order valence-corrected chi connectivity index (χ3v) is 8.65. The Bertz CT molecular complexity index is 524. The Morgan fingerprint density at radius 2 is 1.57 bits per heavy atom. The zero-order chi connectivity index (χ0) is 15.3. The molecule has 0 aromatic heterocycles. The van der Waals surface area contributed by atoms with E-state index in [1.807, 2.05) is 0 Å². The summed E-state index contributed by atoms with van der Waals surface area (Å²) < 4.78 is 0. The summed E-state index contributed by atoms with van der Waals surface area (Å²) in [5, 5.41) is 3.55. The van der Waals surface area contributed by atoms with E-state index < -0.39 is 0 Å². The second-order valence-corrected chi connectivity index (χ2v) is 10.0. The summed E-state index contributed by atoms with van der Waals surface area (Å²) in [4.78, 5) is 15.2. The fourth-order valence-electron chi connectivity index (χ4n) is 7.73. The van der Waals surface area contributed by atoms with E-state index in [9.17, 15) is 4.79 Å². The first-order valence-electron chi connectivity index (χ1n) is 10.2.